The Labute approximate surface area is 276 Å². The maximum absolute atomic E-state index is 14.4. The van der Waals surface area contributed by atoms with Gasteiger partial charge in [-0.2, -0.15) is 0 Å². The smallest absolute Gasteiger partial charge is 0.315 e. The number of nitrogens with zero attached hydrogens (tertiary/aromatic N) is 1. The lowest BCUT2D eigenvalue weighted by Crippen LogP contribution is -2.65. The number of likely N-dealkylation sites (tertiary alicyclic amines) is 1. The average Bonchev–Trinajstić information content (AvgIpc) is 3.71. The van der Waals surface area contributed by atoms with E-state index < -0.39 is 69.0 Å². The highest BCUT2D eigenvalue weighted by Crippen LogP contribution is 2.40. The van der Waals surface area contributed by atoms with E-state index in [1.807, 2.05) is 13.8 Å². The highest BCUT2D eigenvalue weighted by Gasteiger charge is 2.48. The van der Waals surface area contributed by atoms with Crippen molar-refractivity contribution in [3.63, 3.8) is 0 Å². The first-order valence-electron chi connectivity index (χ1n) is 17.5. The fourth-order valence-electron chi connectivity index (χ4n) is 7.64. The van der Waals surface area contributed by atoms with Crippen LogP contribution >= 0.6 is 0 Å². The number of amides is 5. The van der Waals surface area contributed by atoms with Gasteiger partial charge in [0.15, 0.2) is 11.1 Å². The van der Waals surface area contributed by atoms with Crippen molar-refractivity contribution in [1.29, 1.82) is 0 Å². The third kappa shape index (κ3) is 8.87. The van der Waals surface area contributed by atoms with Crippen LogP contribution < -0.4 is 21.3 Å². The maximum Gasteiger partial charge on any atom is 0.315 e. The Kier molecular flexibility index (Phi) is 12.7. The van der Waals surface area contributed by atoms with Gasteiger partial charge in [-0.25, -0.2) is 9.00 Å². The molecule has 4 aliphatic rings. The van der Waals surface area contributed by atoms with E-state index in [9.17, 15) is 32.7 Å². The Balaban J connectivity index is 1.51. The van der Waals surface area contributed by atoms with Gasteiger partial charge in [-0.15, -0.1) is 0 Å². The standard InChI is InChI=1S/C33H55N5O7S/c1-4-5-13-24(26(39)29(41)34-23-15-16-23)35-28(40)25-14-12-21-38(25)30(42)27(32(3)17-8-6-9-18-32)36-31(43)37-33(22(2)46(44)45)19-10-7-11-20-33/h22-25,27H,4-21H2,1-3H3,(H,34,41)(H,35,40)(H,44,45)(H2,36,37,43)/t22-,24?,25-,27+/m0/s1. The van der Waals surface area contributed by atoms with Crippen molar-refractivity contribution in [3.05, 3.63) is 0 Å². The SMILES string of the molecule is CCCCC(NC(=O)[C@@H]1CCCN1C(=O)[C@@H](NC(=O)NC1([C@H](C)S(=O)O)CCCCC1)C1(C)CCCCC1)C(=O)C(=O)NC1CC1. The van der Waals surface area contributed by atoms with E-state index in [-0.39, 0.29) is 11.9 Å². The minimum absolute atomic E-state index is 0.0201. The van der Waals surface area contributed by atoms with Crippen LogP contribution in [0.15, 0.2) is 0 Å². The van der Waals surface area contributed by atoms with Crippen LogP contribution in [0.2, 0.25) is 0 Å². The summed E-state index contributed by atoms with van der Waals surface area (Å²) >= 11 is -2.13. The molecule has 5 atom stereocenters. The Morgan fingerprint density at radius 2 is 1.54 bits per heavy atom. The van der Waals surface area contributed by atoms with Gasteiger partial charge in [0.25, 0.3) is 5.91 Å². The summed E-state index contributed by atoms with van der Waals surface area (Å²) in [5.74, 6) is -2.14. The topological polar surface area (TPSA) is 174 Å². The molecule has 4 rings (SSSR count). The average molecular weight is 666 g/mol. The normalized spacial score (nSPS) is 25.0. The molecule has 1 heterocycles. The van der Waals surface area contributed by atoms with Crippen LogP contribution in [-0.4, -0.2) is 84.7 Å². The molecular weight excluding hydrogens is 610 g/mol. The largest absolute Gasteiger partial charge is 0.347 e. The number of unbranched alkanes of at least 4 members (excludes halogenated alkanes) is 1. The molecule has 5 N–H and O–H groups in total. The summed E-state index contributed by atoms with van der Waals surface area (Å²) in [7, 11) is 0. The zero-order valence-electron chi connectivity index (χ0n) is 27.9. The molecule has 0 radical (unpaired) electrons. The molecule has 0 aromatic heterocycles. The number of urea groups is 1. The molecule has 1 aliphatic heterocycles. The molecule has 4 fully saturated rings. The van der Waals surface area contributed by atoms with Crippen molar-refractivity contribution >= 4 is 40.6 Å². The second-order valence-electron chi connectivity index (χ2n) is 14.4. The number of hydrogen-bond acceptors (Lipinski definition) is 6. The lowest BCUT2D eigenvalue weighted by atomic mass is 9.70. The van der Waals surface area contributed by atoms with E-state index in [0.717, 1.165) is 70.6 Å². The van der Waals surface area contributed by atoms with Crippen LogP contribution in [0.5, 0.6) is 0 Å². The summed E-state index contributed by atoms with van der Waals surface area (Å²) in [6, 6.07) is -3.22. The number of Topliss-reactive ketones (excluding diaryl/α,β-unsaturated/α-hetero) is 1. The van der Waals surface area contributed by atoms with E-state index in [1.54, 1.807) is 6.92 Å². The van der Waals surface area contributed by atoms with Crippen LogP contribution in [0.3, 0.4) is 0 Å². The summed E-state index contributed by atoms with van der Waals surface area (Å²) in [6.45, 7) is 6.00. The maximum atomic E-state index is 14.4. The molecule has 12 nitrogen and oxygen atoms in total. The van der Waals surface area contributed by atoms with Crippen LogP contribution in [-0.2, 0) is 30.3 Å². The summed E-state index contributed by atoms with van der Waals surface area (Å²) in [5, 5.41) is 10.9. The quantitative estimate of drug-likeness (QED) is 0.140. The van der Waals surface area contributed by atoms with Crippen LogP contribution in [0, 0.1) is 5.41 Å². The summed E-state index contributed by atoms with van der Waals surface area (Å²) in [5.41, 5.74) is -1.40. The highest BCUT2D eigenvalue weighted by atomic mass is 32.2. The lowest BCUT2D eigenvalue weighted by molar-refractivity contribution is -0.144. The number of carbonyl (C=O) groups is 5. The second kappa shape index (κ2) is 16.0. The number of nitrogens with one attached hydrogen (secondary N) is 4. The van der Waals surface area contributed by atoms with Gasteiger partial charge in [0.05, 0.1) is 16.8 Å². The molecule has 13 heteroatoms. The predicted molar refractivity (Wildman–Crippen MR) is 175 cm³/mol. The molecule has 2 unspecified atom stereocenters. The first-order valence-corrected chi connectivity index (χ1v) is 18.7. The number of rotatable bonds is 14. The van der Waals surface area contributed by atoms with Crippen molar-refractivity contribution < 1.29 is 32.7 Å². The van der Waals surface area contributed by atoms with Gasteiger partial charge in [0.1, 0.15) is 12.1 Å². The zero-order chi connectivity index (χ0) is 33.5. The summed E-state index contributed by atoms with van der Waals surface area (Å²) in [4.78, 5) is 69.0. The number of hydrogen-bond donors (Lipinski definition) is 5. The molecule has 46 heavy (non-hydrogen) atoms. The van der Waals surface area contributed by atoms with Crippen molar-refractivity contribution in [2.45, 2.75) is 165 Å². The van der Waals surface area contributed by atoms with Crippen molar-refractivity contribution in [3.8, 4) is 0 Å². The molecular formula is C33H55N5O7S. The Morgan fingerprint density at radius 1 is 0.913 bits per heavy atom. The minimum Gasteiger partial charge on any atom is -0.347 e. The first kappa shape index (κ1) is 36.3. The number of carbonyl (C=O) groups excluding carboxylic acids is 5. The molecule has 1 saturated heterocycles. The molecule has 3 saturated carbocycles. The van der Waals surface area contributed by atoms with Gasteiger partial charge in [-0.1, -0.05) is 65.2 Å². The van der Waals surface area contributed by atoms with E-state index >= 15 is 0 Å². The van der Waals surface area contributed by atoms with Crippen molar-refractivity contribution in [2.24, 2.45) is 5.41 Å². The third-order valence-corrected chi connectivity index (χ3v) is 11.9. The molecule has 3 aliphatic carbocycles. The molecule has 260 valence electrons. The van der Waals surface area contributed by atoms with E-state index in [1.165, 1.54) is 4.90 Å². The van der Waals surface area contributed by atoms with E-state index in [0.29, 0.717) is 45.1 Å². The molecule has 0 bridgehead atoms. The van der Waals surface area contributed by atoms with Gasteiger partial charge in [0.2, 0.25) is 17.6 Å². The molecule has 5 amide bonds. The van der Waals surface area contributed by atoms with Gasteiger partial charge in [-0.05, 0) is 70.1 Å². The molecule has 0 aromatic rings. The fourth-order valence-corrected chi connectivity index (χ4v) is 8.32. The van der Waals surface area contributed by atoms with Gasteiger partial charge in [0, 0.05) is 12.6 Å². The number of ketones is 1. The Hall–Kier alpha value is -2.54. The van der Waals surface area contributed by atoms with Gasteiger partial charge >= 0.3 is 6.03 Å². The van der Waals surface area contributed by atoms with Crippen molar-refractivity contribution in [2.75, 3.05) is 6.54 Å². The van der Waals surface area contributed by atoms with E-state index in [4.69, 9.17) is 0 Å². The van der Waals surface area contributed by atoms with Crippen molar-refractivity contribution in [1.82, 2.24) is 26.2 Å². The second-order valence-corrected chi connectivity index (χ2v) is 15.6. The Bertz CT molecular complexity index is 1150. The zero-order valence-corrected chi connectivity index (χ0v) is 28.7. The summed E-state index contributed by atoms with van der Waals surface area (Å²) in [6.07, 6.45) is 12.6. The van der Waals surface area contributed by atoms with Crippen LogP contribution in [0.4, 0.5) is 4.79 Å². The summed E-state index contributed by atoms with van der Waals surface area (Å²) < 4.78 is 22.1. The third-order valence-electron chi connectivity index (χ3n) is 10.9. The predicted octanol–water partition coefficient (Wildman–Crippen LogP) is 3.45. The lowest BCUT2D eigenvalue weighted by Gasteiger charge is -2.44. The monoisotopic (exact) mass is 665 g/mol. The highest BCUT2D eigenvalue weighted by molar-refractivity contribution is 7.80. The van der Waals surface area contributed by atoms with Gasteiger partial charge in [-0.3, -0.25) is 19.2 Å². The van der Waals surface area contributed by atoms with E-state index in [2.05, 4.69) is 21.3 Å². The molecule has 0 aromatic carbocycles. The van der Waals surface area contributed by atoms with Crippen LogP contribution in [0.25, 0.3) is 0 Å². The first-order chi connectivity index (χ1) is 21.9. The minimum atomic E-state index is -2.13. The van der Waals surface area contributed by atoms with Crippen LogP contribution in [0.1, 0.15) is 130 Å². The fraction of sp³-hybridized carbons (Fsp3) is 0.848. The Morgan fingerprint density at radius 3 is 2.13 bits per heavy atom. The van der Waals surface area contributed by atoms with Gasteiger partial charge < -0.3 is 30.7 Å². The molecule has 0 spiro atoms.